The number of carboxylic acids is 1. The maximum Gasteiger partial charge on any atom is 0.323 e. The number of ether oxygens (including phenoxy) is 1. The van der Waals surface area contributed by atoms with Crippen LogP contribution >= 0.6 is 0 Å². The minimum Gasteiger partial charge on any atom is -0.497 e. The number of hydrogen-bond acceptors (Lipinski definition) is 4. The molecular weight excluding hydrogens is 346 g/mol. The fourth-order valence-electron chi connectivity index (χ4n) is 2.68. The summed E-state index contributed by atoms with van der Waals surface area (Å²) in [5, 5.41) is 9.06. The number of aliphatic carboxylic acids is 1. The van der Waals surface area contributed by atoms with Crippen molar-refractivity contribution in [2.45, 2.75) is 25.8 Å². The summed E-state index contributed by atoms with van der Waals surface area (Å²) in [5.74, 6) is -0.720. The zero-order valence-electron chi connectivity index (χ0n) is 15.3. The first-order chi connectivity index (χ1) is 13.0. The summed E-state index contributed by atoms with van der Waals surface area (Å²) in [7, 11) is 1.56. The van der Waals surface area contributed by atoms with Gasteiger partial charge in [0.25, 0.3) is 0 Å². The van der Waals surface area contributed by atoms with Crippen molar-refractivity contribution in [3.8, 4) is 5.75 Å². The molecule has 0 heterocycles. The number of carboxylic acid groups (broad SMARTS) is 1. The van der Waals surface area contributed by atoms with Gasteiger partial charge in [-0.15, -0.1) is 0 Å². The highest BCUT2D eigenvalue weighted by Crippen LogP contribution is 2.14. The fraction of sp³-hybridized carbons (Fsp3) is 0.286. The molecule has 0 aromatic heterocycles. The second kappa shape index (κ2) is 10.1. The van der Waals surface area contributed by atoms with E-state index < -0.39 is 5.97 Å². The van der Waals surface area contributed by atoms with E-state index in [1.807, 2.05) is 30.3 Å². The summed E-state index contributed by atoms with van der Waals surface area (Å²) in [6.07, 6.45) is 0.723. The molecule has 0 saturated carbocycles. The first-order valence-electron chi connectivity index (χ1n) is 8.70. The largest absolute Gasteiger partial charge is 0.497 e. The monoisotopic (exact) mass is 369 g/mol. The third-order valence-electron chi connectivity index (χ3n) is 4.10. The number of nitrogens with zero attached hydrogens (tertiary/aromatic N) is 1. The van der Waals surface area contributed by atoms with Crippen molar-refractivity contribution in [2.24, 2.45) is 0 Å². The van der Waals surface area contributed by atoms with Gasteiger partial charge in [0.2, 0.25) is 5.91 Å². The van der Waals surface area contributed by atoms with Crippen LogP contribution in [0.3, 0.4) is 0 Å². The van der Waals surface area contributed by atoms with E-state index in [-0.39, 0.29) is 37.6 Å². The molecule has 0 saturated heterocycles. The first-order valence-corrected chi connectivity index (χ1v) is 8.70. The van der Waals surface area contributed by atoms with Gasteiger partial charge in [0.05, 0.1) is 7.11 Å². The van der Waals surface area contributed by atoms with E-state index in [1.165, 1.54) is 4.90 Å². The van der Waals surface area contributed by atoms with Gasteiger partial charge in [0.1, 0.15) is 12.3 Å². The minimum absolute atomic E-state index is 0.0571. The van der Waals surface area contributed by atoms with E-state index in [2.05, 4.69) is 0 Å². The molecule has 0 aliphatic carbocycles. The molecule has 6 heteroatoms. The molecular formula is C21H23NO5. The molecule has 2 aromatic carbocycles. The summed E-state index contributed by atoms with van der Waals surface area (Å²) in [6, 6.07) is 16.0. The Morgan fingerprint density at radius 2 is 1.63 bits per heavy atom. The predicted molar refractivity (Wildman–Crippen MR) is 101 cm³/mol. The number of Topliss-reactive ketones (excluding diaryl/α,β-unsaturated/α-hetero) is 1. The van der Waals surface area contributed by atoms with Gasteiger partial charge in [-0.1, -0.05) is 30.3 Å². The molecule has 0 fully saturated rings. The SMILES string of the molecule is COc1ccc(C(=O)CCCC(=O)N(CC(=O)O)Cc2ccccc2)cc1. The molecule has 0 atom stereocenters. The first kappa shape index (κ1) is 20.2. The van der Waals surface area contributed by atoms with Crippen LogP contribution in [-0.2, 0) is 16.1 Å². The van der Waals surface area contributed by atoms with Gasteiger partial charge in [0, 0.05) is 24.9 Å². The van der Waals surface area contributed by atoms with Crippen LogP contribution in [0.25, 0.3) is 0 Å². The summed E-state index contributed by atoms with van der Waals surface area (Å²) in [6.45, 7) is -0.126. The van der Waals surface area contributed by atoms with Gasteiger partial charge >= 0.3 is 5.97 Å². The predicted octanol–water partition coefficient (Wildman–Crippen LogP) is 3.16. The smallest absolute Gasteiger partial charge is 0.323 e. The van der Waals surface area contributed by atoms with Crippen LogP contribution in [0.5, 0.6) is 5.75 Å². The number of carbonyl (C=O) groups excluding carboxylic acids is 2. The Morgan fingerprint density at radius 3 is 2.22 bits per heavy atom. The number of ketones is 1. The Morgan fingerprint density at radius 1 is 0.963 bits per heavy atom. The van der Waals surface area contributed by atoms with Crippen molar-refractivity contribution in [3.63, 3.8) is 0 Å². The van der Waals surface area contributed by atoms with Crippen LogP contribution in [-0.4, -0.2) is 41.3 Å². The third-order valence-corrected chi connectivity index (χ3v) is 4.10. The van der Waals surface area contributed by atoms with Crippen molar-refractivity contribution in [3.05, 3.63) is 65.7 Å². The quantitative estimate of drug-likeness (QED) is 0.651. The highest BCUT2D eigenvalue weighted by molar-refractivity contribution is 5.96. The molecule has 0 unspecified atom stereocenters. The number of carbonyl (C=O) groups is 3. The highest BCUT2D eigenvalue weighted by atomic mass is 16.5. The Kier molecular flexibility index (Phi) is 7.55. The molecule has 2 aromatic rings. The molecule has 0 radical (unpaired) electrons. The Balaban J connectivity index is 1.88. The summed E-state index contributed by atoms with van der Waals surface area (Å²) >= 11 is 0. The number of methoxy groups -OCH3 is 1. The van der Waals surface area contributed by atoms with Crippen LogP contribution in [0.2, 0.25) is 0 Å². The number of amides is 1. The lowest BCUT2D eigenvalue weighted by Gasteiger charge is -2.21. The van der Waals surface area contributed by atoms with E-state index in [4.69, 9.17) is 9.84 Å². The molecule has 6 nitrogen and oxygen atoms in total. The molecule has 27 heavy (non-hydrogen) atoms. The Bertz CT molecular complexity index is 771. The maximum atomic E-state index is 12.4. The number of benzene rings is 2. The van der Waals surface area contributed by atoms with Gasteiger partial charge < -0.3 is 14.7 Å². The van der Waals surface area contributed by atoms with Gasteiger partial charge in [-0.05, 0) is 36.2 Å². The van der Waals surface area contributed by atoms with Crippen molar-refractivity contribution < 1.29 is 24.2 Å². The molecule has 1 amide bonds. The number of rotatable bonds is 10. The average Bonchev–Trinajstić information content (AvgIpc) is 2.67. The van der Waals surface area contributed by atoms with Crippen molar-refractivity contribution in [2.75, 3.05) is 13.7 Å². The van der Waals surface area contributed by atoms with E-state index in [1.54, 1.807) is 31.4 Å². The molecule has 2 rings (SSSR count). The second-order valence-corrected chi connectivity index (χ2v) is 6.13. The van der Waals surface area contributed by atoms with Crippen LogP contribution in [0.4, 0.5) is 0 Å². The molecule has 0 aliphatic rings. The van der Waals surface area contributed by atoms with Crippen molar-refractivity contribution in [1.82, 2.24) is 4.90 Å². The van der Waals surface area contributed by atoms with Crippen LogP contribution < -0.4 is 4.74 Å². The lowest BCUT2D eigenvalue weighted by atomic mass is 10.0. The van der Waals surface area contributed by atoms with E-state index >= 15 is 0 Å². The van der Waals surface area contributed by atoms with Gasteiger partial charge in [0.15, 0.2) is 5.78 Å². The van der Waals surface area contributed by atoms with Crippen LogP contribution in [0.1, 0.15) is 35.2 Å². The van der Waals surface area contributed by atoms with Gasteiger partial charge in [-0.3, -0.25) is 14.4 Å². The standard InChI is InChI=1S/C21H23NO5/c1-27-18-12-10-17(11-13-18)19(23)8-5-9-20(24)22(15-21(25)26)14-16-6-3-2-4-7-16/h2-4,6-7,10-13H,5,8-9,14-15H2,1H3,(H,25,26). The normalized spacial score (nSPS) is 10.3. The lowest BCUT2D eigenvalue weighted by Crippen LogP contribution is -2.35. The Labute approximate surface area is 158 Å². The van der Waals surface area contributed by atoms with Crippen LogP contribution in [0.15, 0.2) is 54.6 Å². The second-order valence-electron chi connectivity index (χ2n) is 6.13. The molecule has 0 aliphatic heterocycles. The van der Waals surface area contributed by atoms with E-state index in [0.717, 1.165) is 5.56 Å². The van der Waals surface area contributed by atoms with Crippen LogP contribution in [0, 0.1) is 0 Å². The third kappa shape index (κ3) is 6.58. The zero-order valence-corrected chi connectivity index (χ0v) is 15.3. The highest BCUT2D eigenvalue weighted by Gasteiger charge is 2.17. The van der Waals surface area contributed by atoms with E-state index in [9.17, 15) is 14.4 Å². The van der Waals surface area contributed by atoms with Crippen molar-refractivity contribution >= 4 is 17.7 Å². The lowest BCUT2D eigenvalue weighted by molar-refractivity contribution is -0.144. The van der Waals surface area contributed by atoms with E-state index in [0.29, 0.717) is 17.7 Å². The Hall–Kier alpha value is -3.15. The molecule has 142 valence electrons. The topological polar surface area (TPSA) is 83.9 Å². The zero-order chi connectivity index (χ0) is 19.6. The van der Waals surface area contributed by atoms with Crippen molar-refractivity contribution in [1.29, 1.82) is 0 Å². The maximum absolute atomic E-state index is 12.4. The number of hydrogen-bond donors (Lipinski definition) is 1. The van der Waals surface area contributed by atoms with Gasteiger partial charge in [-0.2, -0.15) is 0 Å². The minimum atomic E-state index is -1.06. The molecule has 1 N–H and O–H groups in total. The molecule has 0 bridgehead atoms. The summed E-state index contributed by atoms with van der Waals surface area (Å²) in [4.78, 5) is 37.0. The summed E-state index contributed by atoms with van der Waals surface area (Å²) in [5.41, 5.74) is 1.43. The average molecular weight is 369 g/mol. The fourth-order valence-corrected chi connectivity index (χ4v) is 2.68. The molecule has 0 spiro atoms. The van der Waals surface area contributed by atoms with Gasteiger partial charge in [-0.25, -0.2) is 0 Å². The summed E-state index contributed by atoms with van der Waals surface area (Å²) < 4.78 is 5.06.